The Morgan fingerprint density at radius 2 is 2.14 bits per heavy atom. The van der Waals surface area contributed by atoms with Crippen LogP contribution in [0.1, 0.15) is 19.5 Å². The van der Waals surface area contributed by atoms with Gasteiger partial charge in [0.05, 0.1) is 5.69 Å². The van der Waals surface area contributed by atoms with Crippen LogP contribution in [0.4, 0.5) is 10.2 Å². The van der Waals surface area contributed by atoms with Crippen molar-refractivity contribution in [3.05, 3.63) is 17.8 Å². The summed E-state index contributed by atoms with van der Waals surface area (Å²) >= 11 is 0. The van der Waals surface area contributed by atoms with Crippen molar-refractivity contribution in [2.24, 2.45) is 5.73 Å². The average molecular weight is 198 g/mol. The summed E-state index contributed by atoms with van der Waals surface area (Å²) in [6.07, 6.45) is 1.32. The van der Waals surface area contributed by atoms with Crippen LogP contribution in [0.2, 0.25) is 0 Å². The summed E-state index contributed by atoms with van der Waals surface area (Å²) < 4.78 is 13.3. The molecule has 1 aromatic heterocycles. The van der Waals surface area contributed by atoms with Crippen LogP contribution in [0, 0.1) is 12.7 Å². The zero-order chi connectivity index (χ0) is 10.8. The Bertz CT molecular complexity index is 319. The maximum atomic E-state index is 13.3. The second kappa shape index (κ2) is 3.88. The third-order valence-electron chi connectivity index (χ3n) is 1.68. The molecule has 0 fully saturated rings. The highest BCUT2D eigenvalue weighted by atomic mass is 19.1. The van der Waals surface area contributed by atoms with Crippen LogP contribution in [0.5, 0.6) is 0 Å². The number of aryl methyl sites for hydroxylation is 1. The standard InChI is InChI=1S/C9H15FN4/c1-6-7(10)8(14-5-13-6)12-4-9(2,3)11/h5H,4,11H2,1-3H3,(H,12,13,14). The molecular weight excluding hydrogens is 183 g/mol. The van der Waals surface area contributed by atoms with E-state index in [1.165, 1.54) is 6.33 Å². The van der Waals surface area contributed by atoms with Crippen molar-refractivity contribution in [2.75, 3.05) is 11.9 Å². The van der Waals surface area contributed by atoms with Gasteiger partial charge in [-0.05, 0) is 20.8 Å². The Hall–Kier alpha value is -1.23. The first-order chi connectivity index (χ1) is 6.40. The zero-order valence-corrected chi connectivity index (χ0v) is 8.63. The van der Waals surface area contributed by atoms with Gasteiger partial charge in [0.1, 0.15) is 6.33 Å². The molecule has 0 bridgehead atoms. The molecule has 4 nitrogen and oxygen atoms in total. The molecule has 0 aromatic carbocycles. The molecule has 0 aliphatic heterocycles. The molecule has 0 radical (unpaired) electrons. The minimum atomic E-state index is -0.420. The third-order valence-corrected chi connectivity index (χ3v) is 1.68. The highest BCUT2D eigenvalue weighted by Gasteiger charge is 2.13. The first-order valence-electron chi connectivity index (χ1n) is 4.40. The number of rotatable bonds is 3. The number of nitrogens with two attached hydrogens (primary N) is 1. The third kappa shape index (κ3) is 2.92. The second-order valence-corrected chi connectivity index (χ2v) is 3.96. The lowest BCUT2D eigenvalue weighted by atomic mass is 10.1. The summed E-state index contributed by atoms with van der Waals surface area (Å²) in [7, 11) is 0. The number of hydrogen-bond donors (Lipinski definition) is 2. The van der Waals surface area contributed by atoms with E-state index in [0.29, 0.717) is 12.2 Å². The number of nitrogens with zero attached hydrogens (tertiary/aromatic N) is 2. The van der Waals surface area contributed by atoms with Crippen LogP contribution in [0.25, 0.3) is 0 Å². The minimum Gasteiger partial charge on any atom is -0.366 e. The number of anilines is 1. The summed E-state index contributed by atoms with van der Waals surface area (Å²) in [4.78, 5) is 7.52. The van der Waals surface area contributed by atoms with Crippen LogP contribution >= 0.6 is 0 Å². The highest BCUT2D eigenvalue weighted by molar-refractivity contribution is 5.37. The Kier molecular flexibility index (Phi) is 3.00. The first kappa shape index (κ1) is 10.8. The summed E-state index contributed by atoms with van der Waals surface area (Å²) in [5.74, 6) is -0.215. The molecule has 0 aliphatic carbocycles. The molecule has 0 amide bonds. The van der Waals surface area contributed by atoms with Crippen molar-refractivity contribution in [3.8, 4) is 0 Å². The lowest BCUT2D eigenvalue weighted by Gasteiger charge is -2.19. The van der Waals surface area contributed by atoms with E-state index >= 15 is 0 Å². The fourth-order valence-corrected chi connectivity index (χ4v) is 0.893. The van der Waals surface area contributed by atoms with Gasteiger partial charge in [0, 0.05) is 12.1 Å². The van der Waals surface area contributed by atoms with Crippen molar-refractivity contribution in [3.63, 3.8) is 0 Å². The van der Waals surface area contributed by atoms with E-state index in [4.69, 9.17) is 5.73 Å². The average Bonchev–Trinajstić information content (AvgIpc) is 2.06. The Balaban J connectivity index is 2.73. The number of aromatic nitrogens is 2. The maximum Gasteiger partial charge on any atom is 0.186 e. The second-order valence-electron chi connectivity index (χ2n) is 3.96. The number of hydrogen-bond acceptors (Lipinski definition) is 4. The minimum absolute atomic E-state index is 0.205. The lowest BCUT2D eigenvalue weighted by Crippen LogP contribution is -2.40. The quantitative estimate of drug-likeness (QED) is 0.762. The van der Waals surface area contributed by atoms with Crippen molar-refractivity contribution in [1.82, 2.24) is 9.97 Å². The number of nitrogens with one attached hydrogen (secondary N) is 1. The lowest BCUT2D eigenvalue weighted by molar-refractivity contribution is 0.542. The molecule has 0 atom stereocenters. The van der Waals surface area contributed by atoms with E-state index < -0.39 is 11.4 Å². The SMILES string of the molecule is Cc1ncnc(NCC(C)(C)N)c1F. The highest BCUT2D eigenvalue weighted by Crippen LogP contribution is 2.12. The van der Waals surface area contributed by atoms with E-state index in [0.717, 1.165) is 0 Å². The molecule has 1 rings (SSSR count). The Labute approximate surface area is 82.8 Å². The number of halogens is 1. The van der Waals surface area contributed by atoms with Gasteiger partial charge < -0.3 is 11.1 Å². The van der Waals surface area contributed by atoms with Crippen LogP contribution in [0.15, 0.2) is 6.33 Å². The monoisotopic (exact) mass is 198 g/mol. The van der Waals surface area contributed by atoms with Crippen LogP contribution in [0.3, 0.4) is 0 Å². The summed E-state index contributed by atoms with van der Waals surface area (Å²) in [6, 6.07) is 0. The molecule has 78 valence electrons. The van der Waals surface area contributed by atoms with Crippen molar-refractivity contribution < 1.29 is 4.39 Å². The molecule has 0 unspecified atom stereocenters. The fraction of sp³-hybridized carbons (Fsp3) is 0.556. The largest absolute Gasteiger partial charge is 0.366 e. The van der Waals surface area contributed by atoms with Crippen molar-refractivity contribution >= 4 is 5.82 Å². The normalized spacial score (nSPS) is 11.5. The molecule has 0 saturated carbocycles. The fourth-order valence-electron chi connectivity index (χ4n) is 0.893. The van der Waals surface area contributed by atoms with Crippen molar-refractivity contribution in [1.29, 1.82) is 0 Å². The van der Waals surface area contributed by atoms with Gasteiger partial charge >= 0.3 is 0 Å². The van der Waals surface area contributed by atoms with Crippen LogP contribution < -0.4 is 11.1 Å². The van der Waals surface area contributed by atoms with Gasteiger partial charge in [-0.15, -0.1) is 0 Å². The van der Waals surface area contributed by atoms with Gasteiger partial charge in [-0.1, -0.05) is 0 Å². The molecular formula is C9H15FN4. The summed E-state index contributed by atoms with van der Waals surface area (Å²) in [5.41, 5.74) is 5.68. The summed E-state index contributed by atoms with van der Waals surface area (Å²) in [5, 5.41) is 2.84. The van der Waals surface area contributed by atoms with Gasteiger partial charge in [-0.2, -0.15) is 0 Å². The van der Waals surface area contributed by atoms with E-state index in [1.807, 2.05) is 13.8 Å². The predicted octanol–water partition coefficient (Wildman–Crippen LogP) is 1.07. The molecule has 1 heterocycles. The Morgan fingerprint density at radius 3 is 2.71 bits per heavy atom. The van der Waals surface area contributed by atoms with E-state index in [-0.39, 0.29) is 5.82 Å². The molecule has 0 spiro atoms. The van der Waals surface area contributed by atoms with Gasteiger partial charge in [0.15, 0.2) is 11.6 Å². The molecule has 0 aliphatic rings. The molecule has 0 saturated heterocycles. The van der Waals surface area contributed by atoms with E-state index in [2.05, 4.69) is 15.3 Å². The maximum absolute atomic E-state index is 13.3. The van der Waals surface area contributed by atoms with E-state index in [1.54, 1.807) is 6.92 Å². The van der Waals surface area contributed by atoms with Gasteiger partial charge in [0.2, 0.25) is 0 Å². The molecule has 14 heavy (non-hydrogen) atoms. The van der Waals surface area contributed by atoms with Crippen molar-refractivity contribution in [2.45, 2.75) is 26.3 Å². The predicted molar refractivity (Wildman–Crippen MR) is 53.5 cm³/mol. The first-order valence-corrected chi connectivity index (χ1v) is 4.40. The van der Waals surface area contributed by atoms with E-state index in [9.17, 15) is 4.39 Å². The molecule has 3 N–H and O–H groups in total. The zero-order valence-electron chi connectivity index (χ0n) is 8.63. The van der Waals surface area contributed by atoms with Gasteiger partial charge in [-0.25, -0.2) is 14.4 Å². The van der Waals surface area contributed by atoms with Crippen LogP contribution in [-0.2, 0) is 0 Å². The smallest absolute Gasteiger partial charge is 0.186 e. The molecule has 1 aromatic rings. The molecule has 5 heteroatoms. The Morgan fingerprint density at radius 1 is 1.50 bits per heavy atom. The van der Waals surface area contributed by atoms with Gasteiger partial charge in [-0.3, -0.25) is 0 Å². The van der Waals surface area contributed by atoms with Gasteiger partial charge in [0.25, 0.3) is 0 Å². The van der Waals surface area contributed by atoms with Crippen LogP contribution in [-0.4, -0.2) is 22.1 Å². The topological polar surface area (TPSA) is 63.8 Å². The summed E-state index contributed by atoms with van der Waals surface area (Å²) in [6.45, 7) is 5.76.